The Morgan fingerprint density at radius 2 is 2.18 bits per heavy atom. The summed E-state index contributed by atoms with van der Waals surface area (Å²) >= 11 is 3.19. The smallest absolute Gasteiger partial charge is 0.334 e. The summed E-state index contributed by atoms with van der Waals surface area (Å²) in [5.41, 5.74) is 0.719. The van der Waals surface area contributed by atoms with Gasteiger partial charge in [-0.25, -0.2) is 9.18 Å². The lowest BCUT2D eigenvalue weighted by Gasteiger charge is -2.30. The standard InChI is InChI=1S/C14H12BrFN2O4/c15-7-3-9(16)8-5-11(17-10(8)4-7)13(19)18-1-2-22-12(6-18)14(20)21/h3-5,12,17H,1-2,6H2,(H,20,21)/t12-/m0/s1. The van der Waals surface area contributed by atoms with E-state index in [0.717, 1.165) is 0 Å². The number of ether oxygens (including phenoxy) is 1. The lowest BCUT2D eigenvalue weighted by Crippen LogP contribution is -2.48. The summed E-state index contributed by atoms with van der Waals surface area (Å²) in [7, 11) is 0. The fourth-order valence-electron chi connectivity index (χ4n) is 2.43. The Hall–Kier alpha value is -1.93. The Morgan fingerprint density at radius 3 is 2.91 bits per heavy atom. The first kappa shape index (κ1) is 15.0. The van der Waals surface area contributed by atoms with Gasteiger partial charge in [-0.05, 0) is 18.2 Å². The van der Waals surface area contributed by atoms with Crippen LogP contribution in [0.1, 0.15) is 10.5 Å². The van der Waals surface area contributed by atoms with Gasteiger partial charge in [-0.3, -0.25) is 4.79 Å². The van der Waals surface area contributed by atoms with E-state index in [-0.39, 0.29) is 24.8 Å². The van der Waals surface area contributed by atoms with Crippen LogP contribution in [0, 0.1) is 5.82 Å². The van der Waals surface area contributed by atoms with Crippen molar-refractivity contribution in [3.05, 3.63) is 34.2 Å². The number of carboxylic acid groups (broad SMARTS) is 1. The second-order valence-corrected chi connectivity index (χ2v) is 5.90. The number of fused-ring (bicyclic) bond motifs is 1. The number of carboxylic acids is 1. The number of benzene rings is 1. The summed E-state index contributed by atoms with van der Waals surface area (Å²) in [6.45, 7) is 0.419. The normalized spacial score (nSPS) is 18.6. The molecule has 0 radical (unpaired) electrons. The van der Waals surface area contributed by atoms with E-state index < -0.39 is 17.9 Å². The largest absolute Gasteiger partial charge is 0.479 e. The maximum absolute atomic E-state index is 13.9. The lowest BCUT2D eigenvalue weighted by molar-refractivity contribution is -0.154. The van der Waals surface area contributed by atoms with Crippen LogP contribution in [-0.4, -0.2) is 52.7 Å². The molecule has 1 aliphatic heterocycles. The maximum Gasteiger partial charge on any atom is 0.334 e. The maximum atomic E-state index is 13.9. The number of halogens is 2. The number of rotatable bonds is 2. The van der Waals surface area contributed by atoms with Gasteiger partial charge in [-0.15, -0.1) is 0 Å². The Labute approximate surface area is 133 Å². The van der Waals surface area contributed by atoms with Gasteiger partial charge in [-0.2, -0.15) is 0 Å². The quantitative estimate of drug-likeness (QED) is 0.846. The van der Waals surface area contributed by atoms with Crippen molar-refractivity contribution in [2.24, 2.45) is 0 Å². The monoisotopic (exact) mass is 370 g/mol. The third-order valence-electron chi connectivity index (χ3n) is 3.51. The van der Waals surface area contributed by atoms with Crippen molar-refractivity contribution in [1.82, 2.24) is 9.88 Å². The third kappa shape index (κ3) is 2.71. The fourth-order valence-corrected chi connectivity index (χ4v) is 2.86. The predicted octanol–water partition coefficient (Wildman–Crippen LogP) is 2.00. The molecule has 3 rings (SSSR count). The number of aromatic nitrogens is 1. The number of nitrogens with zero attached hydrogens (tertiary/aromatic N) is 1. The number of carbonyl (C=O) groups is 2. The molecular formula is C14H12BrFN2O4. The zero-order valence-corrected chi connectivity index (χ0v) is 12.9. The van der Waals surface area contributed by atoms with Crippen LogP contribution in [0.5, 0.6) is 0 Å². The molecule has 2 heterocycles. The summed E-state index contributed by atoms with van der Waals surface area (Å²) in [4.78, 5) is 27.7. The molecule has 1 aliphatic rings. The molecular weight excluding hydrogens is 359 g/mol. The van der Waals surface area contributed by atoms with Gasteiger partial charge in [0.05, 0.1) is 18.7 Å². The molecule has 2 N–H and O–H groups in total. The van der Waals surface area contributed by atoms with Crippen molar-refractivity contribution in [2.75, 3.05) is 19.7 Å². The minimum Gasteiger partial charge on any atom is -0.479 e. The van der Waals surface area contributed by atoms with Crippen molar-refractivity contribution in [2.45, 2.75) is 6.10 Å². The molecule has 0 aliphatic carbocycles. The summed E-state index contributed by atoms with van der Waals surface area (Å²) in [5, 5.41) is 9.28. The summed E-state index contributed by atoms with van der Waals surface area (Å²) in [6.07, 6.45) is -1.03. The highest BCUT2D eigenvalue weighted by atomic mass is 79.9. The molecule has 1 saturated heterocycles. The van der Waals surface area contributed by atoms with Crippen LogP contribution in [0.3, 0.4) is 0 Å². The molecule has 2 aromatic rings. The van der Waals surface area contributed by atoms with Crippen LogP contribution in [0.4, 0.5) is 4.39 Å². The number of hydrogen-bond acceptors (Lipinski definition) is 3. The van der Waals surface area contributed by atoms with Crippen molar-refractivity contribution in [3.63, 3.8) is 0 Å². The zero-order chi connectivity index (χ0) is 15.9. The number of nitrogens with one attached hydrogen (secondary N) is 1. The number of hydrogen-bond donors (Lipinski definition) is 2. The molecule has 8 heteroatoms. The van der Waals surface area contributed by atoms with E-state index in [1.54, 1.807) is 6.07 Å². The van der Waals surface area contributed by atoms with Crippen molar-refractivity contribution in [1.29, 1.82) is 0 Å². The summed E-state index contributed by atoms with van der Waals surface area (Å²) in [6, 6.07) is 4.43. The van der Waals surface area contributed by atoms with Gasteiger partial charge in [0, 0.05) is 16.4 Å². The molecule has 22 heavy (non-hydrogen) atoms. The number of aliphatic carboxylic acids is 1. The fraction of sp³-hybridized carbons (Fsp3) is 0.286. The van der Waals surface area contributed by atoms with Crippen LogP contribution in [0.2, 0.25) is 0 Å². The first-order valence-electron chi connectivity index (χ1n) is 6.57. The molecule has 116 valence electrons. The summed E-state index contributed by atoms with van der Waals surface area (Å²) in [5.74, 6) is -1.92. The molecule has 1 aromatic heterocycles. The molecule has 0 saturated carbocycles. The first-order chi connectivity index (χ1) is 10.5. The summed E-state index contributed by atoms with van der Waals surface area (Å²) < 4.78 is 19.5. The van der Waals surface area contributed by atoms with E-state index >= 15 is 0 Å². The van der Waals surface area contributed by atoms with E-state index in [1.807, 2.05) is 0 Å². The SMILES string of the molecule is O=C(O)[C@@H]1CN(C(=O)c2cc3c(F)cc(Br)cc3[nH]2)CCO1. The highest BCUT2D eigenvalue weighted by molar-refractivity contribution is 9.10. The minimum atomic E-state index is -1.11. The van der Waals surface area contributed by atoms with Crippen LogP contribution in [0.25, 0.3) is 10.9 Å². The molecule has 1 aromatic carbocycles. The molecule has 1 atom stereocenters. The Morgan fingerprint density at radius 1 is 1.41 bits per heavy atom. The average Bonchev–Trinajstić information content (AvgIpc) is 2.90. The highest BCUT2D eigenvalue weighted by Gasteiger charge is 2.30. The number of carbonyl (C=O) groups excluding carboxylic acids is 1. The molecule has 0 spiro atoms. The van der Waals surface area contributed by atoms with Crippen molar-refractivity contribution in [3.8, 4) is 0 Å². The van der Waals surface area contributed by atoms with Gasteiger partial charge in [0.2, 0.25) is 0 Å². The molecule has 0 unspecified atom stereocenters. The van der Waals surface area contributed by atoms with E-state index in [4.69, 9.17) is 9.84 Å². The van der Waals surface area contributed by atoms with E-state index in [2.05, 4.69) is 20.9 Å². The predicted molar refractivity (Wildman–Crippen MR) is 79.2 cm³/mol. The van der Waals surface area contributed by atoms with Gasteiger partial charge in [0.1, 0.15) is 11.5 Å². The average molecular weight is 371 g/mol. The topological polar surface area (TPSA) is 82.6 Å². The van der Waals surface area contributed by atoms with Gasteiger partial charge in [0.15, 0.2) is 6.10 Å². The number of aromatic amines is 1. The molecule has 6 nitrogen and oxygen atoms in total. The molecule has 1 amide bonds. The number of H-pyrrole nitrogens is 1. The van der Waals surface area contributed by atoms with Crippen molar-refractivity contribution >= 4 is 38.7 Å². The van der Waals surface area contributed by atoms with Crippen LogP contribution in [0.15, 0.2) is 22.7 Å². The van der Waals surface area contributed by atoms with Gasteiger partial charge >= 0.3 is 5.97 Å². The van der Waals surface area contributed by atoms with Gasteiger partial charge in [-0.1, -0.05) is 15.9 Å². The Bertz CT molecular complexity index is 761. The molecule has 0 bridgehead atoms. The Kier molecular flexibility index (Phi) is 3.88. The number of morpholine rings is 1. The second kappa shape index (κ2) is 5.69. The van der Waals surface area contributed by atoms with Crippen LogP contribution in [-0.2, 0) is 9.53 Å². The van der Waals surface area contributed by atoms with E-state index in [0.29, 0.717) is 21.9 Å². The molecule has 1 fully saturated rings. The van der Waals surface area contributed by atoms with Gasteiger partial charge in [0.25, 0.3) is 5.91 Å². The number of amides is 1. The lowest BCUT2D eigenvalue weighted by atomic mass is 10.2. The van der Waals surface area contributed by atoms with Gasteiger partial charge < -0.3 is 19.7 Å². The zero-order valence-electron chi connectivity index (χ0n) is 11.3. The van der Waals surface area contributed by atoms with Crippen molar-refractivity contribution < 1.29 is 23.8 Å². The highest BCUT2D eigenvalue weighted by Crippen LogP contribution is 2.24. The van der Waals surface area contributed by atoms with Crippen LogP contribution < -0.4 is 0 Å². The first-order valence-corrected chi connectivity index (χ1v) is 7.36. The second-order valence-electron chi connectivity index (χ2n) is 4.98. The van der Waals surface area contributed by atoms with Crippen LogP contribution >= 0.6 is 15.9 Å². The third-order valence-corrected chi connectivity index (χ3v) is 3.97. The van der Waals surface area contributed by atoms with E-state index in [9.17, 15) is 14.0 Å². The minimum absolute atomic E-state index is 0.0320. The Balaban J connectivity index is 1.89. The van der Waals surface area contributed by atoms with E-state index in [1.165, 1.54) is 17.0 Å².